The quantitative estimate of drug-likeness (QED) is 0.351. The molecule has 1 N–H and O–H groups in total. The first-order chi connectivity index (χ1) is 15.4. The monoisotopic (exact) mass is 447 g/mol. The number of hydrogen-bond acceptors (Lipinski definition) is 6. The number of nitrogens with zero attached hydrogens (tertiary/aromatic N) is 2. The van der Waals surface area contributed by atoms with Gasteiger partial charge in [0.15, 0.2) is 5.82 Å². The summed E-state index contributed by atoms with van der Waals surface area (Å²) in [6.07, 6.45) is 0.0552. The molecule has 0 aliphatic carbocycles. The van der Waals surface area contributed by atoms with E-state index in [1.807, 2.05) is 56.3 Å². The number of halogens is 1. The number of rotatable bonds is 6. The maximum atomic E-state index is 12.1. The van der Waals surface area contributed by atoms with Crippen LogP contribution in [-0.2, 0) is 4.74 Å². The topological polar surface area (TPSA) is 73.3 Å². The van der Waals surface area contributed by atoms with E-state index in [0.29, 0.717) is 38.7 Å². The number of esters is 1. The van der Waals surface area contributed by atoms with Crippen molar-refractivity contribution < 1.29 is 14.3 Å². The Morgan fingerprint density at radius 3 is 2.56 bits per heavy atom. The highest BCUT2D eigenvalue weighted by atomic mass is 35.5. The number of anilines is 2. The van der Waals surface area contributed by atoms with Gasteiger partial charge in [0, 0.05) is 22.7 Å². The molecule has 3 aromatic carbocycles. The lowest BCUT2D eigenvalue weighted by Gasteiger charge is -2.14. The van der Waals surface area contributed by atoms with Gasteiger partial charge >= 0.3 is 5.97 Å². The second-order valence-corrected chi connectivity index (χ2v) is 7.83. The summed E-state index contributed by atoms with van der Waals surface area (Å²) in [7, 11) is 1.35. The Bertz CT molecular complexity index is 1290. The van der Waals surface area contributed by atoms with Crippen molar-refractivity contribution >= 4 is 40.0 Å². The van der Waals surface area contributed by atoms with E-state index in [0.717, 1.165) is 11.4 Å². The fourth-order valence-corrected chi connectivity index (χ4v) is 3.51. The minimum atomic E-state index is -0.430. The van der Waals surface area contributed by atoms with Crippen molar-refractivity contribution in [2.45, 2.75) is 20.0 Å². The molecule has 32 heavy (non-hydrogen) atoms. The Morgan fingerprint density at radius 2 is 1.81 bits per heavy atom. The molecule has 0 unspecified atom stereocenters. The molecule has 0 fully saturated rings. The number of methoxy groups -OCH3 is 1. The Hall–Kier alpha value is -3.64. The van der Waals surface area contributed by atoms with E-state index in [1.165, 1.54) is 7.11 Å². The molecule has 0 saturated carbocycles. The molecule has 0 amide bonds. The lowest BCUT2D eigenvalue weighted by Crippen LogP contribution is -2.06. The summed E-state index contributed by atoms with van der Waals surface area (Å²) in [5, 5.41) is 4.58. The van der Waals surface area contributed by atoms with E-state index in [2.05, 4.69) is 10.3 Å². The van der Waals surface area contributed by atoms with Crippen LogP contribution < -0.4 is 10.1 Å². The van der Waals surface area contributed by atoms with Crippen molar-refractivity contribution in [2.24, 2.45) is 0 Å². The molecule has 1 heterocycles. The number of fused-ring (bicyclic) bond motifs is 1. The number of carbonyl (C=O) groups is 1. The molecule has 4 rings (SSSR count). The van der Waals surface area contributed by atoms with Gasteiger partial charge in [-0.05, 0) is 56.3 Å². The van der Waals surface area contributed by atoms with E-state index in [1.54, 1.807) is 24.3 Å². The standard InChI is InChI=1S/C25H22ClN3O3/c1-15(2)32-18-8-6-7-17(14-18)27-24-20-13-16(25(30)31-3)11-12-22(20)28-23(29-24)19-9-4-5-10-21(19)26/h4-15H,1-3H3,(H,27,28,29). The van der Waals surface area contributed by atoms with Crippen LogP contribution in [0.3, 0.4) is 0 Å². The summed E-state index contributed by atoms with van der Waals surface area (Å²) in [5.74, 6) is 1.33. The van der Waals surface area contributed by atoms with Crippen molar-refractivity contribution in [3.63, 3.8) is 0 Å². The number of hydrogen-bond donors (Lipinski definition) is 1. The molecule has 0 aliphatic heterocycles. The second kappa shape index (κ2) is 9.24. The largest absolute Gasteiger partial charge is 0.491 e. The molecule has 1 aromatic heterocycles. The highest BCUT2D eigenvalue weighted by molar-refractivity contribution is 6.33. The normalized spacial score (nSPS) is 10.9. The van der Waals surface area contributed by atoms with Gasteiger partial charge in [-0.2, -0.15) is 0 Å². The molecular weight excluding hydrogens is 426 g/mol. The van der Waals surface area contributed by atoms with Gasteiger partial charge in [-0.15, -0.1) is 0 Å². The summed E-state index contributed by atoms with van der Waals surface area (Å²) in [6, 6.07) is 20.2. The number of carbonyl (C=O) groups excluding carboxylic acids is 1. The predicted octanol–water partition coefficient (Wildman–Crippen LogP) is 6.27. The Labute approximate surface area is 191 Å². The van der Waals surface area contributed by atoms with Gasteiger partial charge in [0.05, 0.1) is 29.3 Å². The van der Waals surface area contributed by atoms with E-state index in [4.69, 9.17) is 26.1 Å². The lowest BCUT2D eigenvalue weighted by molar-refractivity contribution is 0.0601. The van der Waals surface area contributed by atoms with Crippen molar-refractivity contribution in [1.29, 1.82) is 0 Å². The van der Waals surface area contributed by atoms with Crippen LogP contribution in [0.4, 0.5) is 11.5 Å². The molecule has 6 nitrogen and oxygen atoms in total. The third-order valence-electron chi connectivity index (χ3n) is 4.70. The number of aromatic nitrogens is 2. The van der Waals surface area contributed by atoms with Gasteiger partial charge in [0.1, 0.15) is 11.6 Å². The van der Waals surface area contributed by atoms with Crippen LogP contribution in [0, 0.1) is 0 Å². The zero-order valence-electron chi connectivity index (χ0n) is 17.9. The van der Waals surface area contributed by atoms with Crippen molar-refractivity contribution in [2.75, 3.05) is 12.4 Å². The first-order valence-corrected chi connectivity index (χ1v) is 10.5. The molecule has 0 radical (unpaired) electrons. The molecule has 162 valence electrons. The van der Waals surface area contributed by atoms with Crippen molar-refractivity contribution in [1.82, 2.24) is 9.97 Å². The zero-order valence-corrected chi connectivity index (χ0v) is 18.7. The smallest absolute Gasteiger partial charge is 0.337 e. The van der Waals surface area contributed by atoms with E-state index in [9.17, 15) is 4.79 Å². The van der Waals surface area contributed by atoms with Crippen molar-refractivity contribution in [3.8, 4) is 17.1 Å². The fourth-order valence-electron chi connectivity index (χ4n) is 3.29. The van der Waals surface area contributed by atoms with E-state index in [-0.39, 0.29) is 6.10 Å². The highest BCUT2D eigenvalue weighted by Gasteiger charge is 2.15. The van der Waals surface area contributed by atoms with Gasteiger partial charge < -0.3 is 14.8 Å². The summed E-state index contributed by atoms with van der Waals surface area (Å²) >= 11 is 6.40. The highest BCUT2D eigenvalue weighted by Crippen LogP contribution is 2.32. The van der Waals surface area contributed by atoms with Gasteiger partial charge in [-0.3, -0.25) is 0 Å². The third kappa shape index (κ3) is 4.65. The van der Waals surface area contributed by atoms with Crippen LogP contribution >= 0.6 is 11.6 Å². The molecule has 0 saturated heterocycles. The number of benzene rings is 3. The number of nitrogens with one attached hydrogen (secondary N) is 1. The molecule has 7 heteroatoms. The predicted molar refractivity (Wildman–Crippen MR) is 127 cm³/mol. The Balaban J connectivity index is 1.85. The molecule has 0 atom stereocenters. The molecule has 0 aliphatic rings. The maximum absolute atomic E-state index is 12.1. The molecule has 4 aromatic rings. The van der Waals surface area contributed by atoms with Gasteiger partial charge in [0.2, 0.25) is 0 Å². The summed E-state index contributed by atoms with van der Waals surface area (Å²) < 4.78 is 10.7. The van der Waals surface area contributed by atoms with Crippen LogP contribution in [0.5, 0.6) is 5.75 Å². The first kappa shape index (κ1) is 21.6. The van der Waals surface area contributed by atoms with Gasteiger partial charge in [-0.25, -0.2) is 14.8 Å². The Morgan fingerprint density at radius 1 is 1.00 bits per heavy atom. The average molecular weight is 448 g/mol. The Kier molecular flexibility index (Phi) is 6.23. The van der Waals surface area contributed by atoms with Gasteiger partial charge in [0.25, 0.3) is 0 Å². The lowest BCUT2D eigenvalue weighted by atomic mass is 10.1. The van der Waals surface area contributed by atoms with Crippen LogP contribution in [0.25, 0.3) is 22.3 Å². The fraction of sp³-hybridized carbons (Fsp3) is 0.160. The minimum absolute atomic E-state index is 0.0552. The summed E-state index contributed by atoms with van der Waals surface area (Å²) in [4.78, 5) is 21.5. The van der Waals surface area contributed by atoms with Gasteiger partial charge in [-0.1, -0.05) is 29.8 Å². The van der Waals surface area contributed by atoms with Crippen LogP contribution in [0.15, 0.2) is 66.7 Å². The molecule has 0 bridgehead atoms. The third-order valence-corrected chi connectivity index (χ3v) is 5.03. The average Bonchev–Trinajstić information content (AvgIpc) is 2.78. The minimum Gasteiger partial charge on any atom is -0.491 e. The zero-order chi connectivity index (χ0) is 22.7. The molecular formula is C25H22ClN3O3. The van der Waals surface area contributed by atoms with Crippen LogP contribution in [0.1, 0.15) is 24.2 Å². The maximum Gasteiger partial charge on any atom is 0.337 e. The molecule has 0 spiro atoms. The first-order valence-electron chi connectivity index (χ1n) is 10.1. The van der Waals surface area contributed by atoms with E-state index < -0.39 is 5.97 Å². The summed E-state index contributed by atoms with van der Waals surface area (Å²) in [5.41, 5.74) is 2.58. The number of ether oxygens (including phenoxy) is 2. The SMILES string of the molecule is COC(=O)c1ccc2nc(-c3ccccc3Cl)nc(Nc3cccc(OC(C)C)c3)c2c1. The van der Waals surface area contributed by atoms with Crippen LogP contribution in [-0.4, -0.2) is 29.2 Å². The van der Waals surface area contributed by atoms with E-state index >= 15 is 0 Å². The summed E-state index contributed by atoms with van der Waals surface area (Å²) in [6.45, 7) is 3.95. The van der Waals surface area contributed by atoms with Crippen molar-refractivity contribution in [3.05, 3.63) is 77.3 Å². The second-order valence-electron chi connectivity index (χ2n) is 7.42. The van der Waals surface area contributed by atoms with Crippen LogP contribution in [0.2, 0.25) is 5.02 Å².